The third-order valence-electron chi connectivity index (χ3n) is 3.56. The summed E-state index contributed by atoms with van der Waals surface area (Å²) < 4.78 is 0. The molecule has 0 aromatic carbocycles. The summed E-state index contributed by atoms with van der Waals surface area (Å²) in [7, 11) is 0. The van der Waals surface area contributed by atoms with Crippen LogP contribution in [0, 0.1) is 5.92 Å². The molecule has 0 spiro atoms. The van der Waals surface area contributed by atoms with E-state index in [1.807, 2.05) is 18.0 Å². The minimum Gasteiger partial charge on any atom is -0.308 e. The average Bonchev–Trinajstić information content (AvgIpc) is 2.87. The highest BCUT2D eigenvalue weighted by atomic mass is 32.2. The molecule has 0 bridgehead atoms. The summed E-state index contributed by atoms with van der Waals surface area (Å²) in [6.07, 6.45) is 7.70. The molecule has 1 fully saturated rings. The van der Waals surface area contributed by atoms with E-state index in [1.54, 1.807) is 0 Å². The van der Waals surface area contributed by atoms with Gasteiger partial charge in [-0.25, -0.2) is 4.98 Å². The third kappa shape index (κ3) is 5.53. The highest BCUT2D eigenvalue weighted by molar-refractivity contribution is 7.99. The van der Waals surface area contributed by atoms with Crippen LogP contribution in [0.25, 0.3) is 0 Å². The van der Waals surface area contributed by atoms with Crippen LogP contribution in [0.1, 0.15) is 52.0 Å². The zero-order chi connectivity index (χ0) is 13.7. The van der Waals surface area contributed by atoms with Gasteiger partial charge in [-0.15, -0.1) is 11.8 Å². The minimum absolute atomic E-state index is 0.163. The first-order valence-electron chi connectivity index (χ1n) is 7.36. The molecule has 1 aromatic heterocycles. The highest BCUT2D eigenvalue weighted by Crippen LogP contribution is 2.30. The van der Waals surface area contributed by atoms with E-state index in [9.17, 15) is 0 Å². The predicted molar refractivity (Wildman–Crippen MR) is 83.5 cm³/mol. The standard InChI is InChI=1S/C16H26N2S/c1-16(2,3)18-11-14-8-9-15(17-10-14)19-12-13-6-4-5-7-13/h8-10,13,18H,4-7,11-12H2,1-3H3. The first-order chi connectivity index (χ1) is 9.03. The molecule has 0 saturated heterocycles. The topological polar surface area (TPSA) is 24.9 Å². The Bertz CT molecular complexity index is 375. The van der Waals surface area contributed by atoms with Crippen molar-refractivity contribution < 1.29 is 0 Å². The van der Waals surface area contributed by atoms with Crippen molar-refractivity contribution in [1.29, 1.82) is 0 Å². The fraction of sp³-hybridized carbons (Fsp3) is 0.688. The fourth-order valence-corrected chi connectivity index (χ4v) is 3.38. The van der Waals surface area contributed by atoms with Crippen molar-refractivity contribution in [3.63, 3.8) is 0 Å². The summed E-state index contributed by atoms with van der Waals surface area (Å²) in [6, 6.07) is 4.36. The highest BCUT2D eigenvalue weighted by Gasteiger charge is 2.15. The summed E-state index contributed by atoms with van der Waals surface area (Å²) in [5.74, 6) is 2.17. The molecular formula is C16H26N2S. The van der Waals surface area contributed by atoms with E-state index in [0.717, 1.165) is 12.5 Å². The summed E-state index contributed by atoms with van der Waals surface area (Å²) in [6.45, 7) is 7.45. The number of pyridine rings is 1. The van der Waals surface area contributed by atoms with Gasteiger partial charge in [0.25, 0.3) is 0 Å². The Morgan fingerprint density at radius 2 is 2.00 bits per heavy atom. The van der Waals surface area contributed by atoms with Gasteiger partial charge in [-0.05, 0) is 51.2 Å². The van der Waals surface area contributed by atoms with Crippen LogP contribution in [-0.4, -0.2) is 16.3 Å². The van der Waals surface area contributed by atoms with Gasteiger partial charge in [0.15, 0.2) is 0 Å². The Hall–Kier alpha value is -0.540. The normalized spacial score (nSPS) is 17.0. The minimum atomic E-state index is 0.163. The Balaban J connectivity index is 1.77. The van der Waals surface area contributed by atoms with Gasteiger partial charge in [-0.3, -0.25) is 0 Å². The molecule has 0 radical (unpaired) electrons. The summed E-state index contributed by atoms with van der Waals surface area (Å²) >= 11 is 1.92. The molecule has 1 heterocycles. The molecule has 1 saturated carbocycles. The largest absolute Gasteiger partial charge is 0.308 e. The number of nitrogens with one attached hydrogen (secondary N) is 1. The maximum Gasteiger partial charge on any atom is 0.0960 e. The van der Waals surface area contributed by atoms with E-state index in [0.29, 0.717) is 0 Å². The van der Waals surface area contributed by atoms with E-state index in [-0.39, 0.29) is 5.54 Å². The van der Waals surface area contributed by atoms with Crippen molar-refractivity contribution in [1.82, 2.24) is 10.3 Å². The van der Waals surface area contributed by atoms with E-state index in [4.69, 9.17) is 0 Å². The number of hydrogen-bond acceptors (Lipinski definition) is 3. The Kier molecular flexibility index (Phi) is 5.28. The molecule has 1 aromatic rings. The van der Waals surface area contributed by atoms with Gasteiger partial charge < -0.3 is 5.32 Å². The van der Waals surface area contributed by atoms with Gasteiger partial charge in [-0.1, -0.05) is 18.9 Å². The van der Waals surface area contributed by atoms with Crippen LogP contribution in [-0.2, 0) is 6.54 Å². The summed E-state index contributed by atoms with van der Waals surface area (Å²) in [5, 5.41) is 4.66. The van der Waals surface area contributed by atoms with Crippen LogP contribution >= 0.6 is 11.8 Å². The monoisotopic (exact) mass is 278 g/mol. The average molecular weight is 278 g/mol. The van der Waals surface area contributed by atoms with Crippen molar-refractivity contribution in [3.05, 3.63) is 23.9 Å². The predicted octanol–water partition coefficient (Wildman–Crippen LogP) is 4.25. The number of thioether (sulfide) groups is 1. The molecule has 106 valence electrons. The summed E-state index contributed by atoms with van der Waals surface area (Å²) in [4.78, 5) is 4.56. The number of nitrogens with zero attached hydrogens (tertiary/aromatic N) is 1. The SMILES string of the molecule is CC(C)(C)NCc1ccc(SCC2CCCC2)nc1. The molecule has 0 atom stereocenters. The zero-order valence-electron chi connectivity index (χ0n) is 12.4. The molecule has 2 rings (SSSR count). The second-order valence-electron chi connectivity index (χ2n) is 6.57. The lowest BCUT2D eigenvalue weighted by Crippen LogP contribution is -2.35. The van der Waals surface area contributed by atoms with Gasteiger partial charge in [0.1, 0.15) is 0 Å². The maximum atomic E-state index is 4.56. The fourth-order valence-electron chi connectivity index (χ4n) is 2.35. The van der Waals surface area contributed by atoms with Crippen LogP contribution in [0.4, 0.5) is 0 Å². The maximum absolute atomic E-state index is 4.56. The quantitative estimate of drug-likeness (QED) is 0.815. The van der Waals surface area contributed by atoms with E-state index < -0.39 is 0 Å². The van der Waals surface area contributed by atoms with Gasteiger partial charge in [0.2, 0.25) is 0 Å². The second kappa shape index (κ2) is 6.76. The molecule has 0 aliphatic heterocycles. The van der Waals surface area contributed by atoms with Gasteiger partial charge in [0.05, 0.1) is 5.03 Å². The smallest absolute Gasteiger partial charge is 0.0960 e. The Morgan fingerprint density at radius 3 is 2.58 bits per heavy atom. The molecule has 0 unspecified atom stereocenters. The lowest BCUT2D eigenvalue weighted by atomic mass is 10.1. The van der Waals surface area contributed by atoms with E-state index >= 15 is 0 Å². The van der Waals surface area contributed by atoms with Crippen LogP contribution in [0.3, 0.4) is 0 Å². The van der Waals surface area contributed by atoms with Gasteiger partial charge in [-0.2, -0.15) is 0 Å². The lowest BCUT2D eigenvalue weighted by Gasteiger charge is -2.20. The van der Waals surface area contributed by atoms with Crippen molar-refractivity contribution in [2.24, 2.45) is 5.92 Å². The first-order valence-corrected chi connectivity index (χ1v) is 8.34. The molecular weight excluding hydrogens is 252 g/mol. The second-order valence-corrected chi connectivity index (χ2v) is 7.61. The van der Waals surface area contributed by atoms with E-state index in [2.05, 4.69) is 43.2 Å². The molecule has 19 heavy (non-hydrogen) atoms. The molecule has 1 N–H and O–H groups in total. The van der Waals surface area contributed by atoms with E-state index in [1.165, 1.54) is 42.0 Å². The molecule has 2 nitrogen and oxygen atoms in total. The van der Waals surface area contributed by atoms with Crippen LogP contribution in [0.2, 0.25) is 0 Å². The van der Waals surface area contributed by atoms with Crippen molar-refractivity contribution in [2.75, 3.05) is 5.75 Å². The Morgan fingerprint density at radius 1 is 1.26 bits per heavy atom. The first kappa shape index (κ1) is 14.9. The third-order valence-corrected chi connectivity index (χ3v) is 4.74. The number of hydrogen-bond donors (Lipinski definition) is 1. The van der Waals surface area contributed by atoms with Crippen LogP contribution < -0.4 is 5.32 Å². The number of aromatic nitrogens is 1. The van der Waals surface area contributed by atoms with Crippen molar-refractivity contribution in [3.8, 4) is 0 Å². The van der Waals surface area contributed by atoms with Crippen LogP contribution in [0.5, 0.6) is 0 Å². The molecule has 0 amide bonds. The van der Waals surface area contributed by atoms with Gasteiger partial charge >= 0.3 is 0 Å². The Labute approximate surface area is 121 Å². The zero-order valence-corrected chi connectivity index (χ0v) is 13.2. The molecule has 1 aliphatic rings. The van der Waals surface area contributed by atoms with Crippen molar-refractivity contribution in [2.45, 2.75) is 63.6 Å². The molecule has 3 heteroatoms. The van der Waals surface area contributed by atoms with Gasteiger partial charge in [0, 0.05) is 24.0 Å². The van der Waals surface area contributed by atoms with Crippen LogP contribution in [0.15, 0.2) is 23.4 Å². The lowest BCUT2D eigenvalue weighted by molar-refractivity contribution is 0.424. The summed E-state index contributed by atoms with van der Waals surface area (Å²) in [5.41, 5.74) is 1.43. The number of rotatable bonds is 5. The van der Waals surface area contributed by atoms with Crippen molar-refractivity contribution >= 4 is 11.8 Å². The molecule has 1 aliphatic carbocycles.